The van der Waals surface area contributed by atoms with Crippen LogP contribution in [-0.4, -0.2) is 33.6 Å². The Labute approximate surface area is 71.1 Å². The first-order chi connectivity index (χ1) is 5.65. The lowest BCUT2D eigenvalue weighted by Crippen LogP contribution is -2.23. The van der Waals surface area contributed by atoms with Gasteiger partial charge in [-0.3, -0.25) is 0 Å². The van der Waals surface area contributed by atoms with Crippen molar-refractivity contribution in [2.24, 2.45) is 5.73 Å². The third kappa shape index (κ3) is 3.36. The van der Waals surface area contributed by atoms with Crippen molar-refractivity contribution in [1.29, 1.82) is 0 Å². The van der Waals surface area contributed by atoms with Gasteiger partial charge in [0.1, 0.15) is 0 Å². The summed E-state index contributed by atoms with van der Waals surface area (Å²) in [7, 11) is 4.11. The van der Waals surface area contributed by atoms with E-state index in [2.05, 4.69) is 4.74 Å². The van der Waals surface area contributed by atoms with Gasteiger partial charge in [0.25, 0.3) is 0 Å². The molecule has 0 saturated heterocycles. The standard InChI is InChI=1S/C7H13NO4/c1-10-6(9)4-5(8)7(11-2)12-3/h4,7H,8H2,1-3H3. The van der Waals surface area contributed by atoms with Crippen LogP contribution in [0.5, 0.6) is 0 Å². The minimum Gasteiger partial charge on any atom is -0.466 e. The molecule has 0 rings (SSSR count). The largest absolute Gasteiger partial charge is 0.466 e. The van der Waals surface area contributed by atoms with Gasteiger partial charge in [0, 0.05) is 20.3 Å². The van der Waals surface area contributed by atoms with Gasteiger partial charge < -0.3 is 19.9 Å². The summed E-state index contributed by atoms with van der Waals surface area (Å²) in [6.07, 6.45) is 0.404. The van der Waals surface area contributed by atoms with E-state index in [9.17, 15) is 4.79 Å². The second-order valence-electron chi connectivity index (χ2n) is 1.97. The molecule has 0 aliphatic heterocycles. The summed E-state index contributed by atoms with van der Waals surface area (Å²) in [5, 5.41) is 0. The molecule has 5 nitrogen and oxygen atoms in total. The molecule has 0 aromatic heterocycles. The highest BCUT2D eigenvalue weighted by molar-refractivity contribution is 5.82. The Bertz CT molecular complexity index is 174. The maximum absolute atomic E-state index is 10.7. The van der Waals surface area contributed by atoms with Crippen LogP contribution < -0.4 is 5.73 Å². The van der Waals surface area contributed by atoms with Gasteiger partial charge in [-0.15, -0.1) is 0 Å². The van der Waals surface area contributed by atoms with E-state index in [1.165, 1.54) is 21.3 Å². The van der Waals surface area contributed by atoms with Crippen molar-refractivity contribution in [3.8, 4) is 0 Å². The van der Waals surface area contributed by atoms with Gasteiger partial charge in [0.05, 0.1) is 12.8 Å². The van der Waals surface area contributed by atoms with Gasteiger partial charge in [-0.25, -0.2) is 4.79 Å². The van der Waals surface area contributed by atoms with Crippen LogP contribution in [0, 0.1) is 0 Å². The van der Waals surface area contributed by atoms with Crippen molar-refractivity contribution in [1.82, 2.24) is 0 Å². The molecule has 5 heteroatoms. The van der Waals surface area contributed by atoms with Crippen LogP contribution in [-0.2, 0) is 19.0 Å². The lowest BCUT2D eigenvalue weighted by molar-refractivity contribution is -0.135. The quantitative estimate of drug-likeness (QED) is 0.358. The Hall–Kier alpha value is -1.07. The summed E-state index contributed by atoms with van der Waals surface area (Å²) in [5.74, 6) is -0.536. The summed E-state index contributed by atoms with van der Waals surface area (Å²) in [6.45, 7) is 0. The average molecular weight is 175 g/mol. The molecule has 0 spiro atoms. The first kappa shape index (κ1) is 10.9. The van der Waals surface area contributed by atoms with Crippen LogP contribution >= 0.6 is 0 Å². The smallest absolute Gasteiger partial charge is 0.332 e. The second kappa shape index (κ2) is 5.56. The Morgan fingerprint density at radius 2 is 1.83 bits per heavy atom. The molecule has 0 atom stereocenters. The minimum atomic E-state index is -0.705. The summed E-state index contributed by atoms with van der Waals surface area (Å²) in [5.41, 5.74) is 5.60. The predicted molar refractivity (Wildman–Crippen MR) is 42.1 cm³/mol. The van der Waals surface area contributed by atoms with Crippen LogP contribution in [0.15, 0.2) is 11.8 Å². The van der Waals surface area contributed by atoms with Crippen LogP contribution in [0.4, 0.5) is 0 Å². The highest BCUT2D eigenvalue weighted by atomic mass is 16.7. The third-order valence-corrected chi connectivity index (χ3v) is 1.19. The van der Waals surface area contributed by atoms with Gasteiger partial charge in [0.15, 0.2) is 6.29 Å². The van der Waals surface area contributed by atoms with Gasteiger partial charge in [-0.1, -0.05) is 0 Å². The van der Waals surface area contributed by atoms with Gasteiger partial charge in [-0.05, 0) is 0 Å². The fraction of sp³-hybridized carbons (Fsp3) is 0.571. The topological polar surface area (TPSA) is 70.8 Å². The van der Waals surface area contributed by atoms with Crippen molar-refractivity contribution in [2.45, 2.75) is 6.29 Å². The summed E-state index contributed by atoms with van der Waals surface area (Å²) < 4.78 is 13.9. The first-order valence-electron chi connectivity index (χ1n) is 3.26. The highest BCUT2D eigenvalue weighted by Crippen LogP contribution is 2.00. The van der Waals surface area contributed by atoms with E-state index in [4.69, 9.17) is 15.2 Å². The molecular weight excluding hydrogens is 162 g/mol. The van der Waals surface area contributed by atoms with Crippen LogP contribution in [0.2, 0.25) is 0 Å². The fourth-order valence-corrected chi connectivity index (χ4v) is 0.631. The predicted octanol–water partition coefficient (Wildman–Crippen LogP) is -0.379. The lowest BCUT2D eigenvalue weighted by Gasteiger charge is -2.12. The van der Waals surface area contributed by atoms with E-state index in [-0.39, 0.29) is 5.70 Å². The number of rotatable bonds is 4. The molecule has 2 N–H and O–H groups in total. The van der Waals surface area contributed by atoms with Crippen molar-refractivity contribution in [2.75, 3.05) is 21.3 Å². The number of hydrogen-bond acceptors (Lipinski definition) is 5. The molecule has 0 aromatic carbocycles. The zero-order chi connectivity index (χ0) is 9.56. The molecule has 0 aromatic rings. The van der Waals surface area contributed by atoms with Crippen molar-refractivity contribution in [3.63, 3.8) is 0 Å². The molecule has 0 aliphatic rings. The first-order valence-corrected chi connectivity index (χ1v) is 3.26. The normalized spacial score (nSPS) is 11.8. The SMILES string of the molecule is COC(=O)C=C(N)C(OC)OC. The van der Waals surface area contributed by atoms with E-state index in [0.29, 0.717) is 0 Å². The van der Waals surface area contributed by atoms with Gasteiger partial charge in [0.2, 0.25) is 0 Å². The van der Waals surface area contributed by atoms with E-state index in [1.807, 2.05) is 0 Å². The average Bonchev–Trinajstić information content (AvgIpc) is 2.06. The molecule has 0 fully saturated rings. The third-order valence-electron chi connectivity index (χ3n) is 1.19. The summed E-state index contributed by atoms with van der Waals surface area (Å²) in [6, 6.07) is 0. The minimum absolute atomic E-state index is 0.173. The Morgan fingerprint density at radius 1 is 1.33 bits per heavy atom. The number of carbonyl (C=O) groups is 1. The van der Waals surface area contributed by atoms with E-state index in [1.54, 1.807) is 0 Å². The van der Waals surface area contributed by atoms with Crippen molar-refractivity contribution in [3.05, 3.63) is 11.8 Å². The maximum Gasteiger partial charge on any atom is 0.332 e. The number of carbonyl (C=O) groups excluding carboxylic acids is 1. The molecular formula is C7H13NO4. The monoisotopic (exact) mass is 175 g/mol. The zero-order valence-electron chi connectivity index (χ0n) is 7.37. The summed E-state index contributed by atoms with van der Waals surface area (Å²) >= 11 is 0. The molecule has 0 aliphatic carbocycles. The van der Waals surface area contributed by atoms with Crippen LogP contribution in [0.25, 0.3) is 0 Å². The number of ether oxygens (including phenoxy) is 3. The molecule has 70 valence electrons. The molecule has 0 amide bonds. The van der Waals surface area contributed by atoms with Crippen LogP contribution in [0.3, 0.4) is 0 Å². The molecule has 0 heterocycles. The van der Waals surface area contributed by atoms with Crippen molar-refractivity contribution >= 4 is 5.97 Å². The molecule has 0 radical (unpaired) electrons. The van der Waals surface area contributed by atoms with Crippen molar-refractivity contribution < 1.29 is 19.0 Å². The summed E-state index contributed by atoms with van der Waals surface area (Å²) in [4.78, 5) is 10.7. The molecule has 0 unspecified atom stereocenters. The lowest BCUT2D eigenvalue weighted by atomic mass is 10.4. The number of hydrogen-bond donors (Lipinski definition) is 1. The van der Waals surface area contributed by atoms with E-state index in [0.717, 1.165) is 6.08 Å². The maximum atomic E-state index is 10.7. The van der Waals surface area contributed by atoms with Gasteiger partial charge in [-0.2, -0.15) is 0 Å². The van der Waals surface area contributed by atoms with E-state index >= 15 is 0 Å². The molecule has 12 heavy (non-hydrogen) atoms. The Balaban J connectivity index is 4.23. The Morgan fingerprint density at radius 3 is 2.17 bits per heavy atom. The van der Waals surface area contributed by atoms with E-state index < -0.39 is 12.3 Å². The highest BCUT2D eigenvalue weighted by Gasteiger charge is 2.09. The number of nitrogens with two attached hydrogens (primary N) is 1. The fourth-order valence-electron chi connectivity index (χ4n) is 0.631. The second-order valence-corrected chi connectivity index (χ2v) is 1.97. The van der Waals surface area contributed by atoms with Crippen LogP contribution in [0.1, 0.15) is 0 Å². The van der Waals surface area contributed by atoms with Gasteiger partial charge >= 0.3 is 5.97 Å². The number of methoxy groups -OCH3 is 3. The zero-order valence-corrected chi connectivity index (χ0v) is 7.37. The molecule has 0 bridgehead atoms. The number of esters is 1. The molecule has 0 saturated carbocycles. The Kier molecular flexibility index (Phi) is 5.07.